The summed E-state index contributed by atoms with van der Waals surface area (Å²) in [7, 11) is 1.75. The first-order valence-corrected chi connectivity index (χ1v) is 3.33. The molecule has 1 aromatic rings. The van der Waals surface area contributed by atoms with Crippen molar-refractivity contribution in [3.8, 4) is 5.75 Å². The quantitative estimate of drug-likeness (QED) is 0.249. The summed E-state index contributed by atoms with van der Waals surface area (Å²) in [5.41, 5.74) is 3.69. The van der Waals surface area contributed by atoms with Gasteiger partial charge in [0.1, 0.15) is 5.75 Å². The minimum atomic E-state index is 0.248. The smallest absolute Gasteiger partial charge is 0.170 e. The molecule has 1 unspecified atom stereocenters. The topological polar surface area (TPSA) is 62.7 Å². The fourth-order valence-corrected chi connectivity index (χ4v) is 0.785. The number of phenolic OH excluding ortho intramolecular Hbond substituents is 1. The molecule has 0 bridgehead atoms. The Balaban J connectivity index is 2.81. The molecular formula is C7H12N3O+. The van der Waals surface area contributed by atoms with Crippen LogP contribution in [0.15, 0.2) is 24.3 Å². The molecule has 0 saturated heterocycles. The van der Waals surface area contributed by atoms with Gasteiger partial charge in [-0.3, -0.25) is 0 Å². The van der Waals surface area contributed by atoms with Gasteiger partial charge in [0, 0.05) is 19.2 Å². The Morgan fingerprint density at radius 3 is 2.36 bits per heavy atom. The third-order valence-electron chi connectivity index (χ3n) is 1.45. The van der Waals surface area contributed by atoms with Gasteiger partial charge in [0.25, 0.3) is 0 Å². The summed E-state index contributed by atoms with van der Waals surface area (Å²) in [5, 5.41) is 9.54. The lowest BCUT2D eigenvalue weighted by Gasteiger charge is -2.08. The first-order chi connectivity index (χ1) is 5.24. The van der Waals surface area contributed by atoms with Crippen LogP contribution in [0.3, 0.4) is 0 Å². The maximum Gasteiger partial charge on any atom is 0.170 e. The molecule has 0 spiro atoms. The highest BCUT2D eigenvalue weighted by Crippen LogP contribution is 2.09. The van der Waals surface area contributed by atoms with Gasteiger partial charge in [0.2, 0.25) is 0 Å². The van der Waals surface area contributed by atoms with Crippen LogP contribution >= 0.6 is 0 Å². The Morgan fingerprint density at radius 1 is 1.36 bits per heavy atom. The van der Waals surface area contributed by atoms with Gasteiger partial charge in [-0.05, 0) is 12.1 Å². The lowest BCUT2D eigenvalue weighted by molar-refractivity contribution is -0.891. The zero-order valence-corrected chi connectivity index (χ0v) is 6.33. The van der Waals surface area contributed by atoms with Crippen molar-refractivity contribution in [2.24, 2.45) is 5.84 Å². The number of quaternary nitrogens is 1. The molecule has 0 saturated carbocycles. The van der Waals surface area contributed by atoms with Gasteiger partial charge in [-0.15, -0.1) is 5.43 Å². The second-order valence-corrected chi connectivity index (χ2v) is 2.21. The summed E-state index contributed by atoms with van der Waals surface area (Å²) in [6.45, 7) is 0. The number of rotatable bonds is 2. The van der Waals surface area contributed by atoms with Gasteiger partial charge in [-0.2, -0.15) is 11.0 Å². The third-order valence-corrected chi connectivity index (χ3v) is 1.45. The van der Waals surface area contributed by atoms with Crippen LogP contribution in [0.5, 0.6) is 5.75 Å². The van der Waals surface area contributed by atoms with Crippen molar-refractivity contribution in [2.45, 2.75) is 0 Å². The van der Waals surface area contributed by atoms with Crippen molar-refractivity contribution in [1.82, 2.24) is 5.43 Å². The molecule has 0 amide bonds. The van der Waals surface area contributed by atoms with Gasteiger partial charge >= 0.3 is 0 Å². The molecule has 11 heavy (non-hydrogen) atoms. The molecule has 4 nitrogen and oxygen atoms in total. The Kier molecular flexibility index (Phi) is 2.43. The predicted molar refractivity (Wildman–Crippen MR) is 42.0 cm³/mol. The molecule has 0 heterocycles. The van der Waals surface area contributed by atoms with Crippen LogP contribution in [0.4, 0.5) is 5.69 Å². The average Bonchev–Trinajstić information content (AvgIpc) is 2.05. The average molecular weight is 154 g/mol. The van der Waals surface area contributed by atoms with Gasteiger partial charge < -0.3 is 5.11 Å². The van der Waals surface area contributed by atoms with Crippen LogP contribution in [0.25, 0.3) is 0 Å². The van der Waals surface area contributed by atoms with E-state index in [2.05, 4.69) is 5.43 Å². The summed E-state index contributed by atoms with van der Waals surface area (Å²) in [5.74, 6) is 5.82. The summed E-state index contributed by atoms with van der Waals surface area (Å²) >= 11 is 0. The lowest BCUT2D eigenvalue weighted by Crippen LogP contribution is -3.19. The molecule has 0 aromatic heterocycles. The monoisotopic (exact) mass is 154 g/mol. The van der Waals surface area contributed by atoms with E-state index in [1.54, 1.807) is 31.3 Å². The van der Waals surface area contributed by atoms with E-state index in [-0.39, 0.29) is 5.75 Å². The summed E-state index contributed by atoms with van der Waals surface area (Å²) in [6, 6.07) is 6.70. The second kappa shape index (κ2) is 3.34. The number of aromatic hydroxyl groups is 1. The molecule has 1 rings (SSSR count). The number of nitrogen functional groups attached to an aromatic ring is 1. The van der Waals surface area contributed by atoms with E-state index in [0.717, 1.165) is 5.69 Å². The molecule has 60 valence electrons. The van der Waals surface area contributed by atoms with Crippen LogP contribution in [-0.4, -0.2) is 12.2 Å². The van der Waals surface area contributed by atoms with Crippen molar-refractivity contribution in [1.29, 1.82) is 0 Å². The highest BCUT2D eigenvalue weighted by molar-refractivity contribution is 5.34. The van der Waals surface area contributed by atoms with Gasteiger partial charge in [0.15, 0.2) is 5.69 Å². The van der Waals surface area contributed by atoms with E-state index in [1.165, 1.54) is 0 Å². The molecule has 0 fully saturated rings. The maximum absolute atomic E-state index is 8.94. The zero-order valence-electron chi connectivity index (χ0n) is 6.33. The molecule has 0 aliphatic rings. The van der Waals surface area contributed by atoms with Crippen molar-refractivity contribution in [3.05, 3.63) is 24.3 Å². The highest BCUT2D eigenvalue weighted by atomic mass is 16.3. The minimum absolute atomic E-state index is 0.248. The van der Waals surface area contributed by atoms with E-state index in [4.69, 9.17) is 10.9 Å². The van der Waals surface area contributed by atoms with E-state index < -0.39 is 0 Å². The molecule has 0 aliphatic carbocycles. The van der Waals surface area contributed by atoms with Crippen LogP contribution in [0.2, 0.25) is 0 Å². The lowest BCUT2D eigenvalue weighted by atomic mass is 10.3. The Bertz CT molecular complexity index is 222. The molecule has 0 aliphatic heterocycles. The summed E-state index contributed by atoms with van der Waals surface area (Å²) in [6.07, 6.45) is 0. The molecular weight excluding hydrogens is 142 g/mol. The fraction of sp³-hybridized carbons (Fsp3) is 0.143. The van der Waals surface area contributed by atoms with Crippen molar-refractivity contribution in [3.63, 3.8) is 0 Å². The number of benzene rings is 1. The normalized spacial score (nSPS) is 12.9. The number of hydrogen-bond acceptors (Lipinski definition) is 3. The van der Waals surface area contributed by atoms with E-state index in [0.29, 0.717) is 5.12 Å². The number of hydrogen-bond donors (Lipinski definition) is 4. The standard InChI is InChI=1S/C7H11N3O/c1-9-10(8)6-2-4-7(11)5-3-6/h2-5,9,11H,8H2,1H3/p+1. The van der Waals surface area contributed by atoms with Gasteiger partial charge in [-0.1, -0.05) is 0 Å². The maximum atomic E-state index is 8.94. The summed E-state index contributed by atoms with van der Waals surface area (Å²) < 4.78 is 0. The fourth-order valence-electron chi connectivity index (χ4n) is 0.785. The van der Waals surface area contributed by atoms with Crippen LogP contribution in [0, 0.1) is 0 Å². The number of phenols is 1. The largest absolute Gasteiger partial charge is 0.508 e. The van der Waals surface area contributed by atoms with Crippen LogP contribution < -0.4 is 16.4 Å². The van der Waals surface area contributed by atoms with Crippen molar-refractivity contribution < 1.29 is 10.2 Å². The molecule has 1 aromatic carbocycles. The SMILES string of the molecule is CN[NH+](N)c1ccc(O)cc1. The van der Waals surface area contributed by atoms with E-state index in [1.807, 2.05) is 0 Å². The Morgan fingerprint density at radius 2 is 1.91 bits per heavy atom. The Hall–Kier alpha value is -1.10. The minimum Gasteiger partial charge on any atom is -0.508 e. The van der Waals surface area contributed by atoms with Gasteiger partial charge in [0.05, 0.1) is 0 Å². The van der Waals surface area contributed by atoms with E-state index >= 15 is 0 Å². The van der Waals surface area contributed by atoms with Crippen LogP contribution in [-0.2, 0) is 0 Å². The predicted octanol–water partition coefficient (Wildman–Crippen LogP) is -1.08. The zero-order chi connectivity index (χ0) is 8.27. The highest BCUT2D eigenvalue weighted by Gasteiger charge is 2.02. The van der Waals surface area contributed by atoms with Crippen molar-refractivity contribution in [2.75, 3.05) is 7.05 Å². The third kappa shape index (κ3) is 1.91. The first kappa shape index (κ1) is 8.00. The number of nitrogens with two attached hydrogens (primary N) is 1. The van der Waals surface area contributed by atoms with E-state index in [9.17, 15) is 0 Å². The Labute approximate surface area is 65.2 Å². The molecule has 1 atom stereocenters. The first-order valence-electron chi connectivity index (χ1n) is 3.33. The number of nitrogens with one attached hydrogen (secondary N) is 2. The molecule has 5 N–H and O–H groups in total. The molecule has 0 radical (unpaired) electrons. The summed E-state index contributed by atoms with van der Waals surface area (Å²) in [4.78, 5) is 0. The van der Waals surface area contributed by atoms with Crippen LogP contribution in [0.1, 0.15) is 0 Å². The second-order valence-electron chi connectivity index (χ2n) is 2.21. The van der Waals surface area contributed by atoms with Gasteiger partial charge in [-0.25, -0.2) is 0 Å². The molecule has 4 heteroatoms. The van der Waals surface area contributed by atoms with Crippen molar-refractivity contribution >= 4 is 5.69 Å².